The van der Waals surface area contributed by atoms with E-state index in [1.165, 1.54) is 0 Å². The van der Waals surface area contributed by atoms with Crippen molar-refractivity contribution >= 4 is 49.9 Å². The minimum absolute atomic E-state index is 0.580. The number of hydrogen-bond donors (Lipinski definition) is 1. The molecule has 0 saturated heterocycles. The highest BCUT2D eigenvalue weighted by atomic mass is 79.9. The number of benzene rings is 2. The first-order valence-corrected chi connectivity index (χ1v) is 7.36. The predicted octanol–water partition coefficient (Wildman–Crippen LogP) is 5.27. The van der Waals surface area contributed by atoms with Crippen molar-refractivity contribution in [2.45, 2.75) is 0 Å². The lowest BCUT2D eigenvalue weighted by Crippen LogP contribution is -1.96. The Hall–Kier alpha value is -2.09. The lowest BCUT2D eigenvalue weighted by Gasteiger charge is -2.09. The van der Waals surface area contributed by atoms with Crippen LogP contribution >= 0.6 is 27.5 Å². The summed E-state index contributed by atoms with van der Waals surface area (Å²) < 4.78 is 0.905. The van der Waals surface area contributed by atoms with Crippen LogP contribution in [0.25, 0.3) is 10.9 Å². The van der Waals surface area contributed by atoms with Gasteiger partial charge in [0, 0.05) is 9.86 Å². The average molecular weight is 359 g/mol. The molecular weight excluding hydrogens is 350 g/mol. The number of nitriles is 1. The van der Waals surface area contributed by atoms with Gasteiger partial charge in [0.05, 0.1) is 27.9 Å². The summed E-state index contributed by atoms with van der Waals surface area (Å²) in [6, 6.07) is 17.0. The Bertz CT molecular complexity index is 871. The summed E-state index contributed by atoms with van der Waals surface area (Å²) in [4.78, 5) is 4.51. The molecule has 0 spiro atoms. The van der Waals surface area contributed by atoms with E-state index in [1.807, 2.05) is 36.4 Å². The molecule has 0 aliphatic heterocycles. The third-order valence-electron chi connectivity index (χ3n) is 3.03. The van der Waals surface area contributed by atoms with Crippen LogP contribution in [0.2, 0.25) is 5.02 Å². The van der Waals surface area contributed by atoms with Crippen molar-refractivity contribution in [3.05, 3.63) is 63.6 Å². The Morgan fingerprint density at radius 2 is 1.95 bits per heavy atom. The van der Waals surface area contributed by atoms with Crippen molar-refractivity contribution in [2.24, 2.45) is 0 Å². The number of fused-ring (bicyclic) bond motifs is 1. The summed E-state index contributed by atoms with van der Waals surface area (Å²) in [7, 11) is 0. The summed E-state index contributed by atoms with van der Waals surface area (Å²) >= 11 is 9.55. The molecule has 0 bridgehead atoms. The van der Waals surface area contributed by atoms with Crippen LogP contribution in [-0.4, -0.2) is 4.98 Å². The summed E-state index contributed by atoms with van der Waals surface area (Å²) in [6.45, 7) is 0. The van der Waals surface area contributed by atoms with E-state index in [1.54, 1.807) is 12.1 Å². The zero-order valence-corrected chi connectivity index (χ0v) is 13.1. The molecule has 0 fully saturated rings. The van der Waals surface area contributed by atoms with E-state index in [0.717, 1.165) is 21.1 Å². The fraction of sp³-hybridized carbons (Fsp3) is 0. The Kier molecular flexibility index (Phi) is 3.78. The van der Waals surface area contributed by atoms with Gasteiger partial charge in [-0.25, -0.2) is 4.98 Å². The van der Waals surface area contributed by atoms with Gasteiger partial charge in [-0.3, -0.25) is 0 Å². The van der Waals surface area contributed by atoms with Crippen LogP contribution in [0.3, 0.4) is 0 Å². The number of rotatable bonds is 2. The van der Waals surface area contributed by atoms with Gasteiger partial charge in [0.2, 0.25) is 0 Å². The third kappa shape index (κ3) is 2.85. The maximum absolute atomic E-state index is 9.28. The molecular formula is C16H9BrClN3. The first-order valence-electron chi connectivity index (χ1n) is 6.19. The van der Waals surface area contributed by atoms with Crippen molar-refractivity contribution in [3.63, 3.8) is 0 Å². The molecule has 3 rings (SSSR count). The van der Waals surface area contributed by atoms with Crippen molar-refractivity contribution in [1.29, 1.82) is 5.26 Å². The zero-order valence-electron chi connectivity index (χ0n) is 10.8. The first-order chi connectivity index (χ1) is 10.2. The summed E-state index contributed by atoms with van der Waals surface area (Å²) in [5, 5.41) is 13.9. The van der Waals surface area contributed by atoms with Crippen molar-refractivity contribution in [3.8, 4) is 6.07 Å². The lowest BCUT2D eigenvalue weighted by atomic mass is 10.1. The molecule has 0 unspecified atom stereocenters. The number of para-hydroxylation sites is 1. The molecule has 0 aliphatic rings. The van der Waals surface area contributed by atoms with E-state index in [-0.39, 0.29) is 0 Å². The number of hydrogen-bond acceptors (Lipinski definition) is 3. The third-order valence-corrected chi connectivity index (χ3v) is 3.84. The van der Waals surface area contributed by atoms with Crippen molar-refractivity contribution in [1.82, 2.24) is 4.98 Å². The largest absolute Gasteiger partial charge is 0.339 e. The van der Waals surface area contributed by atoms with Gasteiger partial charge in [-0.15, -0.1) is 0 Å². The SMILES string of the molecule is N#Cc1cc(Nc2ccc(Br)cc2Cl)nc2ccccc12. The van der Waals surface area contributed by atoms with Crippen molar-refractivity contribution < 1.29 is 0 Å². The number of nitrogens with one attached hydrogen (secondary N) is 1. The Morgan fingerprint density at radius 1 is 1.14 bits per heavy atom. The van der Waals surface area contributed by atoms with Gasteiger partial charge in [-0.05, 0) is 30.3 Å². The molecule has 1 aromatic heterocycles. The molecule has 0 amide bonds. The molecule has 21 heavy (non-hydrogen) atoms. The van der Waals surface area contributed by atoms with E-state index < -0.39 is 0 Å². The van der Waals surface area contributed by atoms with Gasteiger partial charge in [0.25, 0.3) is 0 Å². The number of aromatic nitrogens is 1. The quantitative estimate of drug-likeness (QED) is 0.679. The summed E-state index contributed by atoms with van der Waals surface area (Å²) in [5.74, 6) is 0.592. The van der Waals surface area contributed by atoms with Crippen LogP contribution in [0.4, 0.5) is 11.5 Å². The molecule has 0 saturated carbocycles. The number of nitrogens with zero attached hydrogens (tertiary/aromatic N) is 2. The molecule has 3 aromatic rings. The minimum Gasteiger partial charge on any atom is -0.339 e. The van der Waals surface area contributed by atoms with E-state index in [9.17, 15) is 5.26 Å². The second kappa shape index (κ2) is 5.72. The van der Waals surface area contributed by atoms with Crippen LogP contribution < -0.4 is 5.32 Å². The lowest BCUT2D eigenvalue weighted by molar-refractivity contribution is 1.36. The monoisotopic (exact) mass is 357 g/mol. The highest BCUT2D eigenvalue weighted by Crippen LogP contribution is 2.29. The Morgan fingerprint density at radius 3 is 2.71 bits per heavy atom. The topological polar surface area (TPSA) is 48.7 Å². The van der Waals surface area contributed by atoms with E-state index in [2.05, 4.69) is 32.3 Å². The molecule has 102 valence electrons. The number of anilines is 2. The van der Waals surface area contributed by atoms with Crippen LogP contribution in [-0.2, 0) is 0 Å². The molecule has 3 nitrogen and oxygen atoms in total. The smallest absolute Gasteiger partial charge is 0.132 e. The Labute approximate surface area is 135 Å². The second-order valence-electron chi connectivity index (χ2n) is 4.43. The first kappa shape index (κ1) is 13.9. The minimum atomic E-state index is 0.580. The normalized spacial score (nSPS) is 10.3. The van der Waals surface area contributed by atoms with Gasteiger partial charge in [-0.2, -0.15) is 5.26 Å². The van der Waals surface area contributed by atoms with Crippen LogP contribution in [0.1, 0.15) is 5.56 Å². The zero-order chi connectivity index (χ0) is 14.8. The van der Waals surface area contributed by atoms with Crippen molar-refractivity contribution in [2.75, 3.05) is 5.32 Å². The van der Waals surface area contributed by atoms with Gasteiger partial charge in [0.15, 0.2) is 0 Å². The maximum Gasteiger partial charge on any atom is 0.132 e. The summed E-state index contributed by atoms with van der Waals surface area (Å²) in [6.07, 6.45) is 0. The molecule has 1 N–H and O–H groups in total. The van der Waals surface area contributed by atoms with Crippen LogP contribution in [0.15, 0.2) is 53.0 Å². The Balaban J connectivity index is 2.07. The van der Waals surface area contributed by atoms with Crippen LogP contribution in [0, 0.1) is 11.3 Å². The highest BCUT2D eigenvalue weighted by molar-refractivity contribution is 9.10. The van der Waals surface area contributed by atoms with Gasteiger partial charge in [-0.1, -0.05) is 45.7 Å². The van der Waals surface area contributed by atoms with E-state index >= 15 is 0 Å². The van der Waals surface area contributed by atoms with E-state index in [4.69, 9.17) is 11.6 Å². The molecule has 2 aromatic carbocycles. The predicted molar refractivity (Wildman–Crippen MR) is 88.9 cm³/mol. The standard InChI is InChI=1S/C16H9BrClN3/c17-11-5-6-15(13(18)8-11)21-16-7-10(9-19)12-3-1-2-4-14(12)20-16/h1-8H,(H,20,21). The van der Waals surface area contributed by atoms with Crippen LogP contribution in [0.5, 0.6) is 0 Å². The molecule has 0 aliphatic carbocycles. The molecule has 1 heterocycles. The fourth-order valence-corrected chi connectivity index (χ4v) is 2.78. The number of halogens is 2. The van der Waals surface area contributed by atoms with E-state index in [0.29, 0.717) is 16.4 Å². The maximum atomic E-state index is 9.28. The molecule has 0 radical (unpaired) electrons. The van der Waals surface area contributed by atoms with Gasteiger partial charge >= 0.3 is 0 Å². The second-order valence-corrected chi connectivity index (χ2v) is 5.76. The van der Waals surface area contributed by atoms with Gasteiger partial charge in [0.1, 0.15) is 5.82 Å². The summed E-state index contributed by atoms with van der Waals surface area (Å²) in [5.41, 5.74) is 2.09. The highest BCUT2D eigenvalue weighted by Gasteiger charge is 2.07. The molecule has 0 atom stereocenters. The average Bonchev–Trinajstić information content (AvgIpc) is 2.49. The fourth-order valence-electron chi connectivity index (χ4n) is 2.06. The van der Waals surface area contributed by atoms with Gasteiger partial charge < -0.3 is 5.32 Å². The molecule has 5 heteroatoms. The number of pyridine rings is 1.